The molecule has 0 radical (unpaired) electrons. The molecule has 0 amide bonds. The molecule has 4 aromatic rings. The molecule has 0 spiro atoms. The van der Waals surface area contributed by atoms with Gasteiger partial charge < -0.3 is 0 Å². The normalized spacial score (nSPS) is 13.1. The Labute approximate surface area is 319 Å². The predicted octanol–water partition coefficient (Wildman–Crippen LogP) is 12.6. The fourth-order valence-electron chi connectivity index (χ4n) is 4.34. The maximum atomic E-state index is 6.14. The quantitative estimate of drug-likeness (QED) is 0.128. The predicted molar refractivity (Wildman–Crippen MR) is 205 cm³/mol. The van der Waals surface area contributed by atoms with E-state index in [9.17, 15) is 0 Å². The van der Waals surface area contributed by atoms with Gasteiger partial charge in [0.25, 0.3) is 0 Å². The van der Waals surface area contributed by atoms with Crippen molar-refractivity contribution in [2.45, 2.75) is 15.2 Å². The molecule has 0 aliphatic heterocycles. The number of benzene rings is 4. The number of hydrogen-bond donors (Lipinski definition) is 0. The van der Waals surface area contributed by atoms with Crippen molar-refractivity contribution < 1.29 is 0 Å². The zero-order chi connectivity index (χ0) is 32.5. The van der Waals surface area contributed by atoms with Gasteiger partial charge in [0.15, 0.2) is 0 Å². The van der Waals surface area contributed by atoms with Crippen molar-refractivity contribution in [2.24, 2.45) is 0 Å². The second kappa shape index (κ2) is 15.4. The molecule has 0 saturated carbocycles. The van der Waals surface area contributed by atoms with Gasteiger partial charge in [0.1, 0.15) is 0 Å². The van der Waals surface area contributed by atoms with Gasteiger partial charge in [-0.25, -0.2) is 0 Å². The fourth-order valence-corrected chi connectivity index (χ4v) is 11.1. The molecule has 0 aromatic heterocycles. The summed E-state index contributed by atoms with van der Waals surface area (Å²) < 4.78 is -6.11. The number of alkyl halides is 12. The summed E-state index contributed by atoms with van der Waals surface area (Å²) in [7, 11) is -1.76. The Bertz CT molecular complexity index is 1280. The molecule has 0 bridgehead atoms. The van der Waals surface area contributed by atoms with E-state index >= 15 is 0 Å². The lowest BCUT2D eigenvalue weighted by Gasteiger charge is -2.25. The van der Waals surface area contributed by atoms with Crippen LogP contribution in [0.5, 0.6) is 0 Å². The molecule has 4 aromatic carbocycles. The summed E-state index contributed by atoms with van der Waals surface area (Å²) in [5.41, 5.74) is 2.33. The Balaban J connectivity index is 1.74. The molecule has 234 valence electrons. The first-order valence-corrected chi connectivity index (χ1v) is 20.2. The number of hydrogen-bond acceptors (Lipinski definition) is 0. The van der Waals surface area contributed by atoms with Gasteiger partial charge in [-0.3, -0.25) is 0 Å². The van der Waals surface area contributed by atoms with Crippen LogP contribution in [0.4, 0.5) is 0 Å². The standard InChI is InChI=1S/C30H20Cl12P2/c31-27(32,33)19-1-9-23(10-2-19)43(24-11-3-20(4-12-24)28(34,35)36)17-18-44(25-13-5-21(6-14-25)29(37,38)39)26-15-7-22(8-16-26)30(40,41)42/h1-16H,17-18H2. The molecule has 0 aliphatic carbocycles. The first-order chi connectivity index (χ1) is 20.3. The van der Waals surface area contributed by atoms with Gasteiger partial charge in [0, 0.05) is 22.3 Å². The highest BCUT2D eigenvalue weighted by Crippen LogP contribution is 2.45. The van der Waals surface area contributed by atoms with Crippen molar-refractivity contribution in [3.63, 3.8) is 0 Å². The van der Waals surface area contributed by atoms with Crippen LogP contribution in [-0.4, -0.2) is 12.3 Å². The average molecular weight is 868 g/mol. The average Bonchev–Trinajstić information content (AvgIpc) is 2.94. The Morgan fingerprint density at radius 1 is 0.295 bits per heavy atom. The largest absolute Gasteiger partial charge is 0.216 e. The summed E-state index contributed by atoms with van der Waals surface area (Å²) in [4.78, 5) is 0. The SMILES string of the molecule is ClC(Cl)(Cl)c1ccc(P(CCP(c2ccc(C(Cl)(Cl)Cl)cc2)c2ccc(C(Cl)(Cl)Cl)cc2)c2ccc(C(Cl)(Cl)Cl)cc2)cc1. The molecule has 0 atom stereocenters. The van der Waals surface area contributed by atoms with Gasteiger partial charge in [-0.05, 0) is 49.4 Å². The zero-order valence-corrected chi connectivity index (χ0v) is 32.9. The van der Waals surface area contributed by atoms with E-state index in [0.717, 1.165) is 33.5 Å². The third-order valence-corrected chi connectivity index (χ3v) is 14.6. The summed E-state index contributed by atoms with van der Waals surface area (Å²) in [6.07, 6.45) is 1.64. The highest BCUT2D eigenvalue weighted by Gasteiger charge is 2.28. The van der Waals surface area contributed by atoms with Gasteiger partial charge >= 0.3 is 0 Å². The van der Waals surface area contributed by atoms with Crippen LogP contribution in [0.1, 0.15) is 22.3 Å². The lowest BCUT2D eigenvalue weighted by atomic mass is 10.2. The van der Waals surface area contributed by atoms with E-state index in [-0.39, 0.29) is 0 Å². The molecular formula is C30H20Cl12P2. The number of halogens is 12. The monoisotopic (exact) mass is 862 g/mol. The molecule has 14 heteroatoms. The van der Waals surface area contributed by atoms with Crippen LogP contribution < -0.4 is 21.2 Å². The summed E-state index contributed by atoms with van der Waals surface area (Å²) >= 11 is 73.6. The highest BCUT2D eigenvalue weighted by molar-refractivity contribution is 7.76. The van der Waals surface area contributed by atoms with E-state index in [1.165, 1.54) is 0 Å². The summed E-state index contributed by atoms with van der Waals surface area (Å²) in [6, 6.07) is 30.7. The molecule has 44 heavy (non-hydrogen) atoms. The molecule has 0 heterocycles. The molecule has 0 N–H and O–H groups in total. The van der Waals surface area contributed by atoms with Crippen LogP contribution in [-0.2, 0) is 15.2 Å². The van der Waals surface area contributed by atoms with Crippen molar-refractivity contribution in [3.8, 4) is 0 Å². The van der Waals surface area contributed by atoms with E-state index in [4.69, 9.17) is 139 Å². The Morgan fingerprint density at radius 2 is 0.455 bits per heavy atom. The first-order valence-electron chi connectivity index (χ1n) is 12.6. The zero-order valence-electron chi connectivity index (χ0n) is 22.1. The van der Waals surface area contributed by atoms with E-state index in [1.54, 1.807) is 0 Å². The maximum Gasteiger partial charge on any atom is 0.216 e. The van der Waals surface area contributed by atoms with Crippen LogP contribution in [0.25, 0.3) is 0 Å². The highest BCUT2D eigenvalue weighted by atomic mass is 35.6. The first kappa shape index (κ1) is 38.0. The van der Waals surface area contributed by atoms with Gasteiger partial charge in [0.2, 0.25) is 15.2 Å². The fraction of sp³-hybridized carbons (Fsp3) is 0.200. The van der Waals surface area contributed by atoms with Crippen LogP contribution >= 0.6 is 155 Å². The third kappa shape index (κ3) is 10.4. The third-order valence-electron chi connectivity index (χ3n) is 6.57. The molecule has 0 unspecified atom stereocenters. The minimum absolute atomic E-state index is 0.582. The Kier molecular flexibility index (Phi) is 13.3. The van der Waals surface area contributed by atoms with E-state index in [1.807, 2.05) is 97.1 Å². The molecule has 0 aliphatic rings. The summed E-state index contributed by atoms with van der Waals surface area (Å²) in [6.45, 7) is 0. The van der Waals surface area contributed by atoms with E-state index in [0.29, 0.717) is 22.3 Å². The van der Waals surface area contributed by atoms with Gasteiger partial charge in [0.05, 0.1) is 0 Å². The minimum Gasteiger partial charge on any atom is -0.0784 e. The molecular weight excluding hydrogens is 848 g/mol. The second-order valence-electron chi connectivity index (χ2n) is 9.48. The summed E-state index contributed by atoms with van der Waals surface area (Å²) in [5, 5.41) is 4.42. The lowest BCUT2D eigenvalue weighted by molar-refractivity contribution is 1.24. The van der Waals surface area contributed by atoms with E-state index < -0.39 is 31.0 Å². The van der Waals surface area contributed by atoms with Crippen LogP contribution in [0.2, 0.25) is 0 Å². The smallest absolute Gasteiger partial charge is 0.0784 e. The molecule has 0 fully saturated rings. The van der Waals surface area contributed by atoms with Gasteiger partial charge in [-0.2, -0.15) is 0 Å². The Morgan fingerprint density at radius 3 is 0.591 bits per heavy atom. The van der Waals surface area contributed by atoms with Gasteiger partial charge in [-0.15, -0.1) is 0 Å². The second-order valence-corrected chi connectivity index (χ2v) is 23.3. The number of rotatable bonds is 7. The Hall–Kier alpha value is 1.22. The van der Waals surface area contributed by atoms with Crippen molar-refractivity contribution in [1.29, 1.82) is 0 Å². The van der Waals surface area contributed by atoms with Crippen molar-refractivity contribution in [3.05, 3.63) is 119 Å². The van der Waals surface area contributed by atoms with Crippen molar-refractivity contribution in [1.82, 2.24) is 0 Å². The molecule has 0 nitrogen and oxygen atoms in total. The topological polar surface area (TPSA) is 0 Å². The molecule has 4 rings (SSSR count). The van der Waals surface area contributed by atoms with Crippen molar-refractivity contribution >= 4 is 176 Å². The summed E-state index contributed by atoms with van der Waals surface area (Å²) in [5.74, 6) is 0. The van der Waals surface area contributed by atoms with Crippen LogP contribution in [0, 0.1) is 0 Å². The van der Waals surface area contributed by atoms with E-state index in [2.05, 4.69) is 0 Å². The molecule has 0 saturated heterocycles. The van der Waals surface area contributed by atoms with Crippen LogP contribution in [0.15, 0.2) is 97.1 Å². The van der Waals surface area contributed by atoms with Crippen molar-refractivity contribution in [2.75, 3.05) is 12.3 Å². The lowest BCUT2D eigenvalue weighted by Crippen LogP contribution is -2.21. The minimum atomic E-state index is -1.53. The van der Waals surface area contributed by atoms with Crippen LogP contribution in [0.3, 0.4) is 0 Å². The van der Waals surface area contributed by atoms with Gasteiger partial charge in [-0.1, -0.05) is 236 Å². The maximum absolute atomic E-state index is 6.14.